The van der Waals surface area contributed by atoms with E-state index in [-0.39, 0.29) is 0 Å². The average molecular weight is 192 g/mol. The first-order valence-corrected chi connectivity index (χ1v) is 6.81. The summed E-state index contributed by atoms with van der Waals surface area (Å²) in [5.74, 6) is 0. The van der Waals surface area contributed by atoms with E-state index in [0.717, 1.165) is 18.5 Å². The fourth-order valence-corrected chi connectivity index (χ4v) is 4.00. The molecule has 2 rings (SSSR count). The Kier molecular flexibility index (Phi) is 2.37. The maximum Gasteiger partial charge on any atom is 0.0990 e. The van der Waals surface area contributed by atoms with Crippen LogP contribution in [0.1, 0.15) is 5.56 Å². The molecule has 0 radical (unpaired) electrons. The van der Waals surface area contributed by atoms with E-state index in [1.807, 2.05) is 30.4 Å². The lowest BCUT2D eigenvalue weighted by Gasteiger charge is -2.10. The van der Waals surface area contributed by atoms with Gasteiger partial charge in [0.05, 0.1) is 7.14 Å². The first kappa shape index (κ1) is 8.77. The van der Waals surface area contributed by atoms with Crippen LogP contribution in [0.15, 0.2) is 42.5 Å². The van der Waals surface area contributed by atoms with E-state index in [1.54, 1.807) is 0 Å². The Balaban J connectivity index is 2.11. The van der Waals surface area contributed by atoms with E-state index in [9.17, 15) is 4.57 Å². The van der Waals surface area contributed by atoms with Crippen LogP contribution in [-0.2, 0) is 10.7 Å². The molecule has 0 aliphatic carbocycles. The predicted octanol–water partition coefficient (Wildman–Crippen LogP) is 3.12. The van der Waals surface area contributed by atoms with Gasteiger partial charge in [0, 0.05) is 18.5 Å². The van der Waals surface area contributed by atoms with Crippen LogP contribution in [0.2, 0.25) is 0 Å². The quantitative estimate of drug-likeness (QED) is 0.519. The van der Waals surface area contributed by atoms with Crippen LogP contribution in [0.4, 0.5) is 0 Å². The summed E-state index contributed by atoms with van der Waals surface area (Å²) in [5.41, 5.74) is 1.20. The largest absolute Gasteiger partial charge is 0.323 e. The lowest BCUT2D eigenvalue weighted by molar-refractivity contribution is 0.579. The van der Waals surface area contributed by atoms with E-state index in [4.69, 9.17) is 0 Å². The average Bonchev–Trinajstić information content (AvgIpc) is 2.54. The number of benzene rings is 1. The van der Waals surface area contributed by atoms with Crippen LogP contribution < -0.4 is 0 Å². The molecule has 0 unspecified atom stereocenters. The molecule has 1 heterocycles. The highest BCUT2D eigenvalue weighted by Crippen LogP contribution is 2.51. The molecule has 1 aromatic carbocycles. The Morgan fingerprint density at radius 3 is 2.31 bits per heavy atom. The zero-order chi connectivity index (χ0) is 9.15. The summed E-state index contributed by atoms with van der Waals surface area (Å²) in [5, 5.41) is 0. The maximum atomic E-state index is 12.1. The van der Waals surface area contributed by atoms with E-state index in [2.05, 4.69) is 12.1 Å². The molecule has 1 aliphatic heterocycles. The van der Waals surface area contributed by atoms with Gasteiger partial charge in [0.15, 0.2) is 0 Å². The van der Waals surface area contributed by atoms with Gasteiger partial charge in [-0.05, 0) is 5.56 Å². The van der Waals surface area contributed by atoms with Crippen molar-refractivity contribution in [2.24, 2.45) is 0 Å². The van der Waals surface area contributed by atoms with Gasteiger partial charge in [-0.2, -0.15) is 0 Å². The van der Waals surface area contributed by atoms with Crippen molar-refractivity contribution in [1.82, 2.24) is 0 Å². The third-order valence-corrected chi connectivity index (χ3v) is 5.05. The van der Waals surface area contributed by atoms with Gasteiger partial charge in [-0.1, -0.05) is 42.5 Å². The molecular formula is C11H13OP. The van der Waals surface area contributed by atoms with Crippen LogP contribution in [-0.4, -0.2) is 12.3 Å². The summed E-state index contributed by atoms with van der Waals surface area (Å²) in [6.07, 6.45) is 6.44. The fourth-order valence-electron chi connectivity index (χ4n) is 1.65. The molecule has 0 amide bonds. The molecule has 0 fully saturated rings. The summed E-state index contributed by atoms with van der Waals surface area (Å²) in [7, 11) is -1.90. The second-order valence-corrected chi connectivity index (χ2v) is 6.70. The highest BCUT2D eigenvalue weighted by Gasteiger charge is 2.22. The van der Waals surface area contributed by atoms with Gasteiger partial charge in [0.2, 0.25) is 0 Å². The molecule has 1 aliphatic rings. The minimum atomic E-state index is -1.90. The van der Waals surface area contributed by atoms with Crippen molar-refractivity contribution in [3.05, 3.63) is 48.0 Å². The van der Waals surface area contributed by atoms with Crippen molar-refractivity contribution in [2.75, 3.05) is 12.3 Å². The topological polar surface area (TPSA) is 17.1 Å². The molecule has 1 aromatic rings. The Hall–Kier alpha value is -0.810. The lowest BCUT2D eigenvalue weighted by atomic mass is 10.2. The Labute approximate surface area is 78.9 Å². The van der Waals surface area contributed by atoms with Gasteiger partial charge < -0.3 is 4.57 Å². The van der Waals surface area contributed by atoms with Gasteiger partial charge in [0.1, 0.15) is 0 Å². The first-order valence-electron chi connectivity index (χ1n) is 4.55. The van der Waals surface area contributed by atoms with Crippen molar-refractivity contribution in [3.8, 4) is 0 Å². The minimum Gasteiger partial charge on any atom is -0.323 e. The zero-order valence-corrected chi connectivity index (χ0v) is 8.41. The standard InChI is InChI=1S/C11H13OP/c12-13(8-4-5-9-13)10-11-6-2-1-3-7-11/h1-7H,8-10H2. The smallest absolute Gasteiger partial charge is 0.0990 e. The van der Waals surface area contributed by atoms with E-state index in [1.165, 1.54) is 5.56 Å². The monoisotopic (exact) mass is 192 g/mol. The molecule has 68 valence electrons. The fraction of sp³-hybridized carbons (Fsp3) is 0.273. The summed E-state index contributed by atoms with van der Waals surface area (Å²) >= 11 is 0. The molecule has 0 spiro atoms. The molecule has 2 heteroatoms. The maximum absolute atomic E-state index is 12.1. The molecule has 13 heavy (non-hydrogen) atoms. The molecule has 0 saturated carbocycles. The van der Waals surface area contributed by atoms with Crippen molar-refractivity contribution >= 4 is 7.14 Å². The van der Waals surface area contributed by atoms with E-state index >= 15 is 0 Å². The molecular weight excluding hydrogens is 179 g/mol. The molecule has 1 nitrogen and oxygen atoms in total. The lowest BCUT2D eigenvalue weighted by Crippen LogP contribution is -1.90. The normalized spacial score (nSPS) is 19.1. The highest BCUT2D eigenvalue weighted by atomic mass is 31.2. The SMILES string of the molecule is O=P1(Cc2ccccc2)CC=CC1. The van der Waals surface area contributed by atoms with Crippen molar-refractivity contribution in [1.29, 1.82) is 0 Å². The van der Waals surface area contributed by atoms with Gasteiger partial charge >= 0.3 is 0 Å². The second-order valence-electron chi connectivity index (χ2n) is 3.54. The van der Waals surface area contributed by atoms with Crippen LogP contribution in [0.25, 0.3) is 0 Å². The van der Waals surface area contributed by atoms with Crippen molar-refractivity contribution in [3.63, 3.8) is 0 Å². The summed E-state index contributed by atoms with van der Waals surface area (Å²) in [4.78, 5) is 0. The van der Waals surface area contributed by atoms with Crippen molar-refractivity contribution in [2.45, 2.75) is 6.16 Å². The predicted molar refractivity (Wildman–Crippen MR) is 56.6 cm³/mol. The summed E-state index contributed by atoms with van der Waals surface area (Å²) in [6.45, 7) is 0. The second kappa shape index (κ2) is 3.51. The number of rotatable bonds is 2. The summed E-state index contributed by atoms with van der Waals surface area (Å²) < 4.78 is 12.1. The van der Waals surface area contributed by atoms with E-state index < -0.39 is 7.14 Å². The Bertz CT molecular complexity index is 342. The van der Waals surface area contributed by atoms with Crippen molar-refractivity contribution < 1.29 is 4.57 Å². The third kappa shape index (κ3) is 2.10. The van der Waals surface area contributed by atoms with Gasteiger partial charge in [-0.15, -0.1) is 0 Å². The number of hydrogen-bond donors (Lipinski definition) is 0. The molecule has 0 aromatic heterocycles. The van der Waals surface area contributed by atoms with Gasteiger partial charge in [0.25, 0.3) is 0 Å². The first-order chi connectivity index (χ1) is 6.29. The summed E-state index contributed by atoms with van der Waals surface area (Å²) in [6, 6.07) is 10.1. The molecule has 0 saturated heterocycles. The minimum absolute atomic E-state index is 0.765. The van der Waals surface area contributed by atoms with Crippen LogP contribution in [0.5, 0.6) is 0 Å². The van der Waals surface area contributed by atoms with Crippen LogP contribution in [0, 0.1) is 0 Å². The van der Waals surface area contributed by atoms with Crippen LogP contribution in [0.3, 0.4) is 0 Å². The number of hydrogen-bond acceptors (Lipinski definition) is 1. The Morgan fingerprint density at radius 2 is 1.69 bits per heavy atom. The number of allylic oxidation sites excluding steroid dienone is 2. The highest BCUT2D eigenvalue weighted by molar-refractivity contribution is 7.63. The van der Waals surface area contributed by atoms with Crippen LogP contribution >= 0.6 is 7.14 Å². The molecule has 0 atom stereocenters. The Morgan fingerprint density at radius 1 is 1.08 bits per heavy atom. The van der Waals surface area contributed by atoms with E-state index in [0.29, 0.717) is 0 Å². The molecule has 0 bridgehead atoms. The molecule has 0 N–H and O–H groups in total. The van der Waals surface area contributed by atoms with Gasteiger partial charge in [-0.3, -0.25) is 0 Å². The zero-order valence-electron chi connectivity index (χ0n) is 7.52. The van der Waals surface area contributed by atoms with Gasteiger partial charge in [-0.25, -0.2) is 0 Å². The third-order valence-electron chi connectivity index (χ3n) is 2.36.